The average molecular weight is 312 g/mol. The molecular weight excluding hydrogens is 302 g/mol. The number of carbonyl (C=O) groups is 1. The number of phenolic OH excluding ortho intramolecular Hbond substituents is 1. The number of hydrogen-bond donors (Lipinski definition) is 2. The van der Waals surface area contributed by atoms with Gasteiger partial charge in [0.1, 0.15) is 6.42 Å². The predicted molar refractivity (Wildman–Crippen MR) is 68.3 cm³/mol. The van der Waals surface area contributed by atoms with Crippen LogP contribution in [0.15, 0.2) is 21.7 Å². The number of amides is 1. The maximum absolute atomic E-state index is 11.0. The van der Waals surface area contributed by atoms with Crippen LogP contribution in [0.5, 0.6) is 11.5 Å². The van der Waals surface area contributed by atoms with Gasteiger partial charge in [0.2, 0.25) is 0 Å². The summed E-state index contributed by atoms with van der Waals surface area (Å²) in [5, 5.41) is 21.5. The molecule has 0 aliphatic carbocycles. The molecule has 0 fully saturated rings. The van der Waals surface area contributed by atoms with E-state index in [1.165, 1.54) is 19.4 Å². The Kier molecular flexibility index (Phi) is 5.14. The van der Waals surface area contributed by atoms with Gasteiger partial charge in [0.05, 0.1) is 19.4 Å². The Morgan fingerprint density at radius 3 is 3.06 bits per heavy atom. The summed E-state index contributed by atoms with van der Waals surface area (Å²) in [6.07, 6.45) is 1.12. The molecule has 0 radical (unpaired) electrons. The lowest BCUT2D eigenvalue weighted by atomic mass is 10.2. The van der Waals surface area contributed by atoms with Gasteiger partial charge in [0.15, 0.2) is 11.5 Å². The van der Waals surface area contributed by atoms with E-state index in [9.17, 15) is 9.90 Å². The molecule has 0 heterocycles. The molecule has 2 N–H and O–H groups in total. The molecule has 0 aliphatic rings. The first-order valence-corrected chi connectivity index (χ1v) is 5.63. The third kappa shape index (κ3) is 3.75. The summed E-state index contributed by atoms with van der Waals surface area (Å²) in [5.41, 5.74) is 2.81. The van der Waals surface area contributed by atoms with E-state index in [-0.39, 0.29) is 12.2 Å². The van der Waals surface area contributed by atoms with Crippen LogP contribution >= 0.6 is 15.9 Å². The molecule has 1 aromatic carbocycles. The molecule has 94 valence electrons. The molecule has 0 saturated carbocycles. The molecule has 1 rings (SSSR count). The summed E-state index contributed by atoms with van der Waals surface area (Å²) in [6.45, 7) is 0. The highest BCUT2D eigenvalue weighted by atomic mass is 79.9. The number of hydrogen-bond acceptors (Lipinski definition) is 5. The zero-order chi connectivity index (χ0) is 13.5. The smallest absolute Gasteiger partial charge is 0.254 e. The van der Waals surface area contributed by atoms with Crippen molar-refractivity contribution < 1.29 is 14.6 Å². The number of phenols is 1. The van der Waals surface area contributed by atoms with E-state index < -0.39 is 5.91 Å². The number of rotatable bonds is 4. The lowest BCUT2D eigenvalue weighted by Crippen LogP contribution is -2.16. The van der Waals surface area contributed by atoms with Gasteiger partial charge in [0.25, 0.3) is 5.91 Å². The summed E-state index contributed by atoms with van der Waals surface area (Å²) in [7, 11) is 1.43. The third-order valence-electron chi connectivity index (χ3n) is 1.93. The molecule has 0 unspecified atom stereocenters. The zero-order valence-electron chi connectivity index (χ0n) is 9.48. The van der Waals surface area contributed by atoms with Crippen LogP contribution in [0.25, 0.3) is 0 Å². The van der Waals surface area contributed by atoms with Gasteiger partial charge in [-0.25, -0.2) is 5.43 Å². The van der Waals surface area contributed by atoms with E-state index in [0.29, 0.717) is 15.8 Å². The van der Waals surface area contributed by atoms with Gasteiger partial charge in [-0.1, -0.05) is 0 Å². The van der Waals surface area contributed by atoms with E-state index in [2.05, 4.69) is 26.5 Å². The fourth-order valence-electron chi connectivity index (χ4n) is 1.11. The Labute approximate surface area is 112 Å². The molecule has 0 aliphatic heterocycles. The van der Waals surface area contributed by atoms with Crippen molar-refractivity contribution in [2.75, 3.05) is 7.11 Å². The van der Waals surface area contributed by atoms with Crippen molar-refractivity contribution in [3.05, 3.63) is 22.2 Å². The fourth-order valence-corrected chi connectivity index (χ4v) is 1.54. The number of benzene rings is 1. The lowest BCUT2D eigenvalue weighted by molar-refractivity contribution is -0.120. The van der Waals surface area contributed by atoms with Crippen molar-refractivity contribution in [3.63, 3.8) is 0 Å². The molecule has 7 heteroatoms. The average Bonchev–Trinajstić information content (AvgIpc) is 2.32. The predicted octanol–water partition coefficient (Wildman–Crippen LogP) is 1.53. The number of nitriles is 1. The van der Waals surface area contributed by atoms with Crippen molar-refractivity contribution in [1.29, 1.82) is 5.26 Å². The second-order valence-electron chi connectivity index (χ2n) is 3.17. The second-order valence-corrected chi connectivity index (χ2v) is 4.03. The van der Waals surface area contributed by atoms with Crippen LogP contribution in [0.3, 0.4) is 0 Å². The van der Waals surface area contributed by atoms with Gasteiger partial charge in [-0.2, -0.15) is 10.4 Å². The van der Waals surface area contributed by atoms with E-state index in [1.807, 2.05) is 0 Å². The molecule has 0 saturated heterocycles. The van der Waals surface area contributed by atoms with Gasteiger partial charge >= 0.3 is 0 Å². The number of hydrazone groups is 1. The number of halogens is 1. The molecule has 18 heavy (non-hydrogen) atoms. The molecule has 1 aromatic rings. The molecule has 0 aromatic heterocycles. The zero-order valence-corrected chi connectivity index (χ0v) is 11.1. The normalized spacial score (nSPS) is 10.1. The second kappa shape index (κ2) is 6.61. The van der Waals surface area contributed by atoms with Crippen LogP contribution in [0.2, 0.25) is 0 Å². The van der Waals surface area contributed by atoms with Crippen molar-refractivity contribution in [2.24, 2.45) is 5.10 Å². The largest absolute Gasteiger partial charge is 0.504 e. The number of carbonyl (C=O) groups excluding carboxylic acids is 1. The highest BCUT2D eigenvalue weighted by Crippen LogP contribution is 2.31. The van der Waals surface area contributed by atoms with Crippen molar-refractivity contribution in [3.8, 4) is 17.6 Å². The molecule has 0 spiro atoms. The standard InChI is InChI=1S/C11H10BrN3O3/c1-18-10-4-7(8(12)5-9(10)16)6-14-15-11(17)2-3-13/h4-6,16H,2H2,1H3,(H,15,17)/b14-6+. The van der Waals surface area contributed by atoms with Gasteiger partial charge < -0.3 is 9.84 Å². The number of nitrogens with one attached hydrogen (secondary N) is 1. The summed E-state index contributed by atoms with van der Waals surface area (Å²) >= 11 is 3.24. The lowest BCUT2D eigenvalue weighted by Gasteiger charge is -2.05. The molecule has 1 amide bonds. The minimum absolute atomic E-state index is 0.00459. The maximum Gasteiger partial charge on any atom is 0.254 e. The summed E-state index contributed by atoms with van der Waals surface area (Å²) < 4.78 is 5.54. The maximum atomic E-state index is 11.0. The van der Waals surface area contributed by atoms with Crippen molar-refractivity contribution >= 4 is 28.1 Å². The highest BCUT2D eigenvalue weighted by molar-refractivity contribution is 9.10. The van der Waals surface area contributed by atoms with Crippen LogP contribution in [-0.2, 0) is 4.79 Å². The van der Waals surface area contributed by atoms with Crippen LogP contribution in [0.1, 0.15) is 12.0 Å². The minimum atomic E-state index is -0.490. The Morgan fingerprint density at radius 1 is 1.72 bits per heavy atom. The molecule has 0 atom stereocenters. The quantitative estimate of drug-likeness (QED) is 0.651. The first-order chi connectivity index (χ1) is 8.58. The van der Waals surface area contributed by atoms with Gasteiger partial charge in [-0.15, -0.1) is 0 Å². The van der Waals surface area contributed by atoms with Gasteiger partial charge in [0, 0.05) is 10.0 Å². The highest BCUT2D eigenvalue weighted by Gasteiger charge is 2.06. The first-order valence-electron chi connectivity index (χ1n) is 4.83. The third-order valence-corrected chi connectivity index (χ3v) is 2.62. The molecule has 6 nitrogen and oxygen atoms in total. The number of aromatic hydroxyl groups is 1. The summed E-state index contributed by atoms with van der Waals surface area (Å²) in [4.78, 5) is 11.0. The van der Waals surface area contributed by atoms with E-state index in [4.69, 9.17) is 10.00 Å². The van der Waals surface area contributed by atoms with E-state index in [0.717, 1.165) is 0 Å². The fraction of sp³-hybridized carbons (Fsp3) is 0.182. The topological polar surface area (TPSA) is 94.7 Å². The van der Waals surface area contributed by atoms with Crippen LogP contribution in [0, 0.1) is 11.3 Å². The number of ether oxygens (including phenoxy) is 1. The minimum Gasteiger partial charge on any atom is -0.504 e. The van der Waals surface area contributed by atoms with E-state index >= 15 is 0 Å². The van der Waals surface area contributed by atoms with Crippen LogP contribution < -0.4 is 10.2 Å². The summed E-state index contributed by atoms with van der Waals surface area (Å²) in [5.74, 6) is -0.200. The van der Waals surface area contributed by atoms with Gasteiger partial charge in [-0.05, 0) is 28.1 Å². The van der Waals surface area contributed by atoms with Crippen LogP contribution in [-0.4, -0.2) is 24.3 Å². The molecule has 0 bridgehead atoms. The Balaban J connectivity index is 2.82. The summed E-state index contributed by atoms with van der Waals surface area (Å²) in [6, 6.07) is 4.72. The Bertz CT molecular complexity index is 523. The van der Waals surface area contributed by atoms with E-state index in [1.54, 1.807) is 12.1 Å². The number of methoxy groups -OCH3 is 1. The SMILES string of the molecule is COc1cc(/C=N/NC(=O)CC#N)c(Br)cc1O. The van der Waals surface area contributed by atoms with Crippen molar-refractivity contribution in [1.82, 2.24) is 5.43 Å². The number of nitrogens with zero attached hydrogens (tertiary/aromatic N) is 2. The Hall–Kier alpha value is -2.07. The van der Waals surface area contributed by atoms with Gasteiger partial charge in [-0.3, -0.25) is 4.79 Å². The Morgan fingerprint density at radius 2 is 2.44 bits per heavy atom. The first kappa shape index (κ1) is 14.0. The molecular formula is C11H10BrN3O3. The monoisotopic (exact) mass is 311 g/mol. The van der Waals surface area contributed by atoms with Crippen LogP contribution in [0.4, 0.5) is 0 Å². The van der Waals surface area contributed by atoms with Crippen molar-refractivity contribution in [2.45, 2.75) is 6.42 Å².